The molecule has 0 saturated carbocycles. The Hall–Kier alpha value is -1.50. The lowest BCUT2D eigenvalue weighted by Crippen LogP contribution is -2.53. The van der Waals surface area contributed by atoms with Crippen molar-refractivity contribution in [3.63, 3.8) is 0 Å². The molecule has 3 saturated heterocycles. The average molecular weight is 360 g/mol. The lowest BCUT2D eigenvalue weighted by molar-refractivity contribution is -0.137. The molecular weight excluding hydrogens is 331 g/mol. The Morgan fingerprint density at radius 2 is 1.77 bits per heavy atom. The van der Waals surface area contributed by atoms with E-state index in [2.05, 4.69) is 33.7 Å². The van der Waals surface area contributed by atoms with Crippen molar-refractivity contribution in [1.82, 2.24) is 19.6 Å². The Morgan fingerprint density at radius 1 is 1.08 bits per heavy atom. The zero-order chi connectivity index (χ0) is 18.3. The number of hydrogen-bond donors (Lipinski definition) is 0. The van der Waals surface area contributed by atoms with Crippen molar-refractivity contribution in [3.8, 4) is 0 Å². The predicted molar refractivity (Wildman–Crippen MR) is 99.2 cm³/mol. The number of rotatable bonds is 3. The van der Waals surface area contributed by atoms with Crippen LogP contribution in [0.1, 0.15) is 12.0 Å². The minimum atomic E-state index is -0.183. The van der Waals surface area contributed by atoms with Crippen LogP contribution in [0.2, 0.25) is 0 Å². The number of carbonyl (C=O) groups excluding carboxylic acids is 1. The Labute approximate surface area is 155 Å². The van der Waals surface area contributed by atoms with Gasteiger partial charge in [0.1, 0.15) is 5.82 Å². The number of hydrogen-bond acceptors (Lipinski definition) is 4. The summed E-state index contributed by atoms with van der Waals surface area (Å²) in [6.45, 7) is 6.53. The number of amides is 1. The van der Waals surface area contributed by atoms with Crippen LogP contribution in [0, 0.1) is 11.7 Å². The summed E-state index contributed by atoms with van der Waals surface area (Å²) < 4.78 is 13.1. The van der Waals surface area contributed by atoms with E-state index in [9.17, 15) is 9.18 Å². The van der Waals surface area contributed by atoms with Crippen LogP contribution in [0.3, 0.4) is 0 Å². The fourth-order valence-corrected chi connectivity index (χ4v) is 4.81. The van der Waals surface area contributed by atoms with E-state index in [1.165, 1.54) is 12.1 Å². The summed E-state index contributed by atoms with van der Waals surface area (Å²) in [5.41, 5.74) is 1.15. The first-order valence-corrected chi connectivity index (χ1v) is 9.67. The molecule has 0 aliphatic carbocycles. The van der Waals surface area contributed by atoms with E-state index in [1.807, 2.05) is 12.1 Å². The molecule has 3 atom stereocenters. The van der Waals surface area contributed by atoms with E-state index >= 15 is 0 Å². The first-order chi connectivity index (χ1) is 12.5. The van der Waals surface area contributed by atoms with Crippen molar-refractivity contribution in [1.29, 1.82) is 0 Å². The number of likely N-dealkylation sites (tertiary alicyclic amines) is 2. The van der Waals surface area contributed by atoms with Crippen LogP contribution in [-0.4, -0.2) is 91.0 Å². The van der Waals surface area contributed by atoms with E-state index in [0.29, 0.717) is 17.9 Å². The second kappa shape index (κ2) is 7.25. The highest BCUT2D eigenvalue weighted by Gasteiger charge is 2.47. The largest absolute Gasteiger partial charge is 0.339 e. The molecule has 3 aliphatic heterocycles. The fraction of sp³-hybridized carbons (Fsp3) is 0.650. The summed E-state index contributed by atoms with van der Waals surface area (Å²) >= 11 is 0. The van der Waals surface area contributed by atoms with Crippen LogP contribution >= 0.6 is 0 Å². The van der Waals surface area contributed by atoms with Gasteiger partial charge in [0.25, 0.3) is 0 Å². The molecule has 3 fully saturated rings. The minimum Gasteiger partial charge on any atom is -0.339 e. The molecule has 0 unspecified atom stereocenters. The van der Waals surface area contributed by atoms with Crippen LogP contribution in [0.25, 0.3) is 0 Å². The first kappa shape index (κ1) is 17.9. The van der Waals surface area contributed by atoms with Crippen molar-refractivity contribution < 1.29 is 9.18 Å². The molecule has 3 heterocycles. The number of benzene rings is 1. The normalized spacial score (nSPS) is 30.7. The number of halogens is 1. The third kappa shape index (κ3) is 3.50. The Balaban J connectivity index is 1.34. The smallest absolute Gasteiger partial charge is 0.240 e. The third-order valence-corrected chi connectivity index (χ3v) is 6.44. The van der Waals surface area contributed by atoms with E-state index in [4.69, 9.17) is 0 Å². The average Bonchev–Trinajstić information content (AvgIpc) is 3.16. The molecule has 5 nitrogen and oxygen atoms in total. The lowest BCUT2D eigenvalue weighted by atomic mass is 10.0. The molecule has 1 aromatic rings. The molecule has 4 rings (SSSR count). The summed E-state index contributed by atoms with van der Waals surface area (Å²) in [5.74, 6) is 0.694. The summed E-state index contributed by atoms with van der Waals surface area (Å²) in [6, 6.07) is 7.30. The summed E-state index contributed by atoms with van der Waals surface area (Å²) in [7, 11) is 4.23. The van der Waals surface area contributed by atoms with Crippen LogP contribution < -0.4 is 0 Å². The van der Waals surface area contributed by atoms with E-state index < -0.39 is 0 Å². The van der Waals surface area contributed by atoms with Crippen LogP contribution in [0.15, 0.2) is 24.3 Å². The number of fused-ring (bicyclic) bond motifs is 1. The topological polar surface area (TPSA) is 30.0 Å². The van der Waals surface area contributed by atoms with Crippen molar-refractivity contribution >= 4 is 5.91 Å². The van der Waals surface area contributed by atoms with E-state index in [-0.39, 0.29) is 11.9 Å². The SMILES string of the molecule is CN1CCN(C(=O)[C@@H]2C[C@H]3CN(Cc4ccc(F)cc4)C[C@H]3N2C)CC1. The van der Waals surface area contributed by atoms with Crippen molar-refractivity contribution in [2.24, 2.45) is 5.92 Å². The van der Waals surface area contributed by atoms with Gasteiger partial charge in [-0.3, -0.25) is 14.6 Å². The van der Waals surface area contributed by atoms with Gasteiger partial charge in [-0.2, -0.15) is 0 Å². The highest BCUT2D eigenvalue weighted by atomic mass is 19.1. The molecule has 0 N–H and O–H groups in total. The van der Waals surface area contributed by atoms with Gasteiger partial charge in [-0.1, -0.05) is 12.1 Å². The number of piperazine rings is 1. The fourth-order valence-electron chi connectivity index (χ4n) is 4.81. The molecule has 0 bridgehead atoms. The second-order valence-corrected chi connectivity index (χ2v) is 8.19. The van der Waals surface area contributed by atoms with Crippen molar-refractivity contribution in [2.45, 2.75) is 25.0 Å². The summed E-state index contributed by atoms with van der Waals surface area (Å²) in [6.07, 6.45) is 0.965. The lowest BCUT2D eigenvalue weighted by Gasteiger charge is -2.36. The maximum Gasteiger partial charge on any atom is 0.240 e. The van der Waals surface area contributed by atoms with E-state index in [0.717, 1.165) is 57.8 Å². The Kier molecular flexibility index (Phi) is 4.99. The highest BCUT2D eigenvalue weighted by Crippen LogP contribution is 2.36. The monoisotopic (exact) mass is 360 g/mol. The maximum absolute atomic E-state index is 13.1. The molecule has 0 spiro atoms. The number of carbonyl (C=O) groups is 1. The maximum atomic E-state index is 13.1. The van der Waals surface area contributed by atoms with Crippen molar-refractivity contribution in [3.05, 3.63) is 35.6 Å². The van der Waals surface area contributed by atoms with Gasteiger partial charge in [0, 0.05) is 51.9 Å². The highest BCUT2D eigenvalue weighted by molar-refractivity contribution is 5.82. The molecule has 1 amide bonds. The first-order valence-electron chi connectivity index (χ1n) is 9.67. The minimum absolute atomic E-state index is 0.0429. The van der Waals surface area contributed by atoms with Gasteiger partial charge in [-0.05, 0) is 44.1 Å². The van der Waals surface area contributed by atoms with Gasteiger partial charge in [-0.15, -0.1) is 0 Å². The van der Waals surface area contributed by atoms with Gasteiger partial charge >= 0.3 is 0 Å². The molecule has 142 valence electrons. The molecular formula is C20H29FN4O. The third-order valence-electron chi connectivity index (χ3n) is 6.44. The van der Waals surface area contributed by atoms with Crippen LogP contribution in [0.5, 0.6) is 0 Å². The second-order valence-electron chi connectivity index (χ2n) is 8.19. The zero-order valence-corrected chi connectivity index (χ0v) is 15.8. The predicted octanol–water partition coefficient (Wildman–Crippen LogP) is 1.10. The molecule has 6 heteroatoms. The molecule has 26 heavy (non-hydrogen) atoms. The summed E-state index contributed by atoms with van der Waals surface area (Å²) in [5, 5.41) is 0. The van der Waals surface area contributed by atoms with Crippen molar-refractivity contribution in [2.75, 3.05) is 53.4 Å². The molecule has 0 radical (unpaired) electrons. The number of nitrogens with zero attached hydrogens (tertiary/aromatic N) is 4. The Bertz CT molecular complexity index is 644. The molecule has 3 aliphatic rings. The van der Waals surface area contributed by atoms with Gasteiger partial charge < -0.3 is 9.80 Å². The zero-order valence-electron chi connectivity index (χ0n) is 15.8. The molecule has 0 aromatic heterocycles. The quantitative estimate of drug-likeness (QED) is 0.808. The van der Waals surface area contributed by atoms with Crippen LogP contribution in [0.4, 0.5) is 4.39 Å². The van der Waals surface area contributed by atoms with Gasteiger partial charge in [-0.25, -0.2) is 4.39 Å². The van der Waals surface area contributed by atoms with Gasteiger partial charge in [0.15, 0.2) is 0 Å². The van der Waals surface area contributed by atoms with Gasteiger partial charge in [0.05, 0.1) is 6.04 Å². The Morgan fingerprint density at radius 3 is 2.42 bits per heavy atom. The summed E-state index contributed by atoms with van der Waals surface area (Å²) in [4.78, 5) is 22.1. The standard InChI is InChI=1S/C20H29FN4O/c1-22-7-9-25(10-8-22)20(26)18-11-16-13-24(14-19(16)23(18)2)12-15-3-5-17(21)6-4-15/h3-6,16,18-19H,7-14H2,1-2H3/t16-,18-,19+/m0/s1. The van der Waals surface area contributed by atoms with Gasteiger partial charge in [0.2, 0.25) is 5.91 Å². The number of likely N-dealkylation sites (N-methyl/N-ethyl adjacent to an activating group) is 2. The van der Waals surface area contributed by atoms with E-state index in [1.54, 1.807) is 0 Å². The van der Waals surface area contributed by atoms with Crippen LogP contribution in [-0.2, 0) is 11.3 Å². The molecule has 1 aromatic carbocycles.